The van der Waals surface area contributed by atoms with E-state index in [0.717, 1.165) is 0 Å². The van der Waals surface area contributed by atoms with Crippen molar-refractivity contribution >= 4 is 11.0 Å². The van der Waals surface area contributed by atoms with Gasteiger partial charge in [-0.15, -0.1) is 0 Å². The largest absolute Gasteiger partial charge is 0.507 e. The number of aromatic hydroxyl groups is 1. The molecule has 108 valence electrons. The molecule has 0 bridgehead atoms. The number of aryl methyl sites for hydroxylation is 1. The summed E-state index contributed by atoms with van der Waals surface area (Å²) in [4.78, 5) is 4.36. The zero-order chi connectivity index (χ0) is 15.0. The van der Waals surface area contributed by atoms with Crippen LogP contribution in [0.4, 0.5) is 4.39 Å². The van der Waals surface area contributed by atoms with Crippen molar-refractivity contribution in [1.29, 1.82) is 0 Å². The van der Waals surface area contributed by atoms with Gasteiger partial charge in [0.2, 0.25) is 0 Å². The molecule has 0 atom stereocenters. The summed E-state index contributed by atoms with van der Waals surface area (Å²) in [6.45, 7) is 2.58. The van der Waals surface area contributed by atoms with Gasteiger partial charge in [0.1, 0.15) is 22.8 Å². The Morgan fingerprint density at radius 1 is 1.29 bits per heavy atom. The van der Waals surface area contributed by atoms with Crippen LogP contribution in [-0.4, -0.2) is 21.8 Å². The quantitative estimate of drug-likeness (QED) is 0.800. The lowest BCUT2D eigenvalue weighted by molar-refractivity contribution is 0.408. The smallest absolute Gasteiger partial charge is 0.151 e. The van der Waals surface area contributed by atoms with Crippen molar-refractivity contribution in [1.82, 2.24) is 9.55 Å². The highest BCUT2D eigenvalue weighted by molar-refractivity contribution is 5.82. The molecular formula is C16H15FN2O2. The van der Waals surface area contributed by atoms with Crippen molar-refractivity contribution in [2.45, 2.75) is 13.5 Å². The predicted octanol–water partition coefficient (Wildman–Crippen LogP) is 3.58. The summed E-state index contributed by atoms with van der Waals surface area (Å²) in [5, 5.41) is 10.2. The molecular weight excluding hydrogens is 271 g/mol. The molecule has 3 rings (SSSR count). The molecule has 0 aliphatic carbocycles. The van der Waals surface area contributed by atoms with Gasteiger partial charge in [-0.3, -0.25) is 0 Å². The van der Waals surface area contributed by atoms with Crippen molar-refractivity contribution in [2.75, 3.05) is 7.11 Å². The third kappa shape index (κ3) is 2.11. The van der Waals surface area contributed by atoms with Gasteiger partial charge in [0.15, 0.2) is 5.82 Å². The van der Waals surface area contributed by atoms with E-state index < -0.39 is 0 Å². The minimum atomic E-state index is -0.367. The Hall–Kier alpha value is -2.56. The van der Waals surface area contributed by atoms with E-state index >= 15 is 0 Å². The first-order valence-corrected chi connectivity index (χ1v) is 6.67. The second-order valence-corrected chi connectivity index (χ2v) is 4.67. The molecule has 1 aromatic heterocycles. The van der Waals surface area contributed by atoms with Crippen LogP contribution in [0.2, 0.25) is 0 Å². The summed E-state index contributed by atoms with van der Waals surface area (Å²) < 4.78 is 20.8. The van der Waals surface area contributed by atoms with Crippen LogP contribution in [0.5, 0.6) is 11.5 Å². The fourth-order valence-electron chi connectivity index (χ4n) is 2.47. The number of phenolic OH excluding ortho intramolecular Hbond substituents is 1. The van der Waals surface area contributed by atoms with Crippen LogP contribution in [-0.2, 0) is 6.54 Å². The Balaban J connectivity index is 2.27. The highest BCUT2D eigenvalue weighted by Crippen LogP contribution is 2.34. The Labute approximate surface area is 121 Å². The first-order chi connectivity index (χ1) is 10.2. The van der Waals surface area contributed by atoms with Gasteiger partial charge in [0.05, 0.1) is 18.2 Å². The topological polar surface area (TPSA) is 47.3 Å². The molecule has 0 amide bonds. The Morgan fingerprint density at radius 3 is 2.76 bits per heavy atom. The first kappa shape index (κ1) is 13.4. The Kier molecular flexibility index (Phi) is 3.25. The number of benzene rings is 2. The fraction of sp³-hybridized carbons (Fsp3) is 0.188. The number of phenols is 1. The van der Waals surface area contributed by atoms with Crippen LogP contribution >= 0.6 is 0 Å². The summed E-state index contributed by atoms with van der Waals surface area (Å²) in [5.74, 6) is 0.785. The molecule has 0 radical (unpaired) electrons. The summed E-state index contributed by atoms with van der Waals surface area (Å²) in [5.41, 5.74) is 1.57. The minimum Gasteiger partial charge on any atom is -0.507 e. The maximum Gasteiger partial charge on any atom is 0.151 e. The van der Waals surface area contributed by atoms with Gasteiger partial charge in [0, 0.05) is 12.6 Å². The lowest BCUT2D eigenvalue weighted by Gasteiger charge is -2.09. The van der Waals surface area contributed by atoms with Gasteiger partial charge in [0.25, 0.3) is 0 Å². The number of hydrogen-bond acceptors (Lipinski definition) is 3. The van der Waals surface area contributed by atoms with Crippen molar-refractivity contribution in [2.24, 2.45) is 0 Å². The van der Waals surface area contributed by atoms with Crippen LogP contribution in [0, 0.1) is 5.82 Å². The number of aromatic nitrogens is 2. The van der Waals surface area contributed by atoms with Crippen LogP contribution in [0.25, 0.3) is 22.4 Å². The van der Waals surface area contributed by atoms with Gasteiger partial charge >= 0.3 is 0 Å². The maximum absolute atomic E-state index is 13.9. The zero-order valence-corrected chi connectivity index (χ0v) is 11.8. The molecule has 0 unspecified atom stereocenters. The third-order valence-corrected chi connectivity index (χ3v) is 3.49. The molecule has 21 heavy (non-hydrogen) atoms. The van der Waals surface area contributed by atoms with E-state index in [1.165, 1.54) is 19.2 Å². The molecule has 5 heteroatoms. The van der Waals surface area contributed by atoms with E-state index in [1.807, 2.05) is 17.6 Å². The number of ether oxygens (including phenoxy) is 1. The van der Waals surface area contributed by atoms with Gasteiger partial charge in [-0.1, -0.05) is 6.07 Å². The van der Waals surface area contributed by atoms with Crippen molar-refractivity contribution in [3.8, 4) is 22.9 Å². The molecule has 0 spiro atoms. The Morgan fingerprint density at radius 2 is 2.10 bits per heavy atom. The maximum atomic E-state index is 13.9. The molecule has 1 N–H and O–H groups in total. The molecule has 2 aromatic carbocycles. The highest BCUT2D eigenvalue weighted by Gasteiger charge is 2.17. The number of hydrogen-bond donors (Lipinski definition) is 1. The number of nitrogens with zero attached hydrogens (tertiary/aromatic N) is 2. The number of methoxy groups -OCH3 is 1. The second kappa shape index (κ2) is 5.09. The molecule has 0 fully saturated rings. The molecule has 0 saturated heterocycles. The van der Waals surface area contributed by atoms with Crippen LogP contribution in [0.1, 0.15) is 6.92 Å². The van der Waals surface area contributed by atoms with Gasteiger partial charge in [-0.05, 0) is 31.2 Å². The van der Waals surface area contributed by atoms with E-state index in [4.69, 9.17) is 4.74 Å². The third-order valence-electron chi connectivity index (χ3n) is 3.49. The molecule has 0 aliphatic rings. The standard InChI is InChI=1S/C16H15FN2O2/c1-3-19-13-6-4-5-12(17)15(13)18-16(19)11-8-7-10(21-2)9-14(11)20/h4-9,20H,3H2,1-2H3. The van der Waals surface area contributed by atoms with E-state index in [1.54, 1.807) is 18.2 Å². The molecule has 0 aliphatic heterocycles. The van der Waals surface area contributed by atoms with E-state index in [9.17, 15) is 9.50 Å². The summed E-state index contributed by atoms with van der Waals surface area (Å²) in [7, 11) is 1.53. The molecule has 1 heterocycles. The Bertz CT molecular complexity index is 811. The van der Waals surface area contributed by atoms with E-state index in [0.29, 0.717) is 34.7 Å². The normalized spacial score (nSPS) is 11.0. The molecule has 3 aromatic rings. The summed E-state index contributed by atoms with van der Waals surface area (Å²) in [6, 6.07) is 9.84. The average molecular weight is 286 g/mol. The van der Waals surface area contributed by atoms with Crippen molar-refractivity contribution < 1.29 is 14.2 Å². The zero-order valence-electron chi connectivity index (χ0n) is 11.8. The first-order valence-electron chi connectivity index (χ1n) is 6.67. The number of imidazole rings is 1. The second-order valence-electron chi connectivity index (χ2n) is 4.67. The molecule has 4 nitrogen and oxygen atoms in total. The SMILES string of the molecule is CCn1c(-c2ccc(OC)cc2O)nc2c(F)cccc21. The predicted molar refractivity (Wildman–Crippen MR) is 79.0 cm³/mol. The number of para-hydroxylation sites is 1. The van der Waals surface area contributed by atoms with Crippen LogP contribution < -0.4 is 4.74 Å². The van der Waals surface area contributed by atoms with Crippen LogP contribution in [0.3, 0.4) is 0 Å². The van der Waals surface area contributed by atoms with Crippen molar-refractivity contribution in [3.63, 3.8) is 0 Å². The van der Waals surface area contributed by atoms with Crippen molar-refractivity contribution in [3.05, 3.63) is 42.2 Å². The van der Waals surface area contributed by atoms with Gasteiger partial charge < -0.3 is 14.4 Å². The number of rotatable bonds is 3. The monoisotopic (exact) mass is 286 g/mol. The number of halogens is 1. The highest BCUT2D eigenvalue weighted by atomic mass is 19.1. The van der Waals surface area contributed by atoms with Gasteiger partial charge in [-0.25, -0.2) is 9.37 Å². The number of fused-ring (bicyclic) bond motifs is 1. The van der Waals surface area contributed by atoms with E-state index in [-0.39, 0.29) is 11.6 Å². The summed E-state index contributed by atoms with van der Waals surface area (Å²) >= 11 is 0. The fourth-order valence-corrected chi connectivity index (χ4v) is 2.47. The molecule has 0 saturated carbocycles. The summed E-state index contributed by atoms with van der Waals surface area (Å²) in [6.07, 6.45) is 0. The lowest BCUT2D eigenvalue weighted by atomic mass is 10.2. The van der Waals surface area contributed by atoms with E-state index in [2.05, 4.69) is 4.98 Å². The lowest BCUT2D eigenvalue weighted by Crippen LogP contribution is -1.97. The minimum absolute atomic E-state index is 0.0553. The average Bonchev–Trinajstić information content (AvgIpc) is 2.86. The van der Waals surface area contributed by atoms with Crippen LogP contribution in [0.15, 0.2) is 36.4 Å². The van der Waals surface area contributed by atoms with Gasteiger partial charge in [-0.2, -0.15) is 0 Å².